The lowest BCUT2D eigenvalue weighted by Crippen LogP contribution is -2.15. The molecule has 22 heavy (non-hydrogen) atoms. The zero-order valence-electron chi connectivity index (χ0n) is 11.2. The van der Waals surface area contributed by atoms with E-state index < -0.39 is 35.5 Å². The number of carbonyl (C=O) groups is 2. The van der Waals surface area contributed by atoms with Crippen molar-refractivity contribution >= 4 is 11.8 Å². The molecule has 2 rings (SSSR count). The van der Waals surface area contributed by atoms with Crippen molar-refractivity contribution in [1.82, 2.24) is 0 Å². The highest BCUT2D eigenvalue weighted by Gasteiger charge is 2.35. The fourth-order valence-electron chi connectivity index (χ4n) is 2.06. The van der Waals surface area contributed by atoms with Gasteiger partial charge < -0.3 is 5.11 Å². The number of aliphatic carboxylic acids is 1. The number of benzene rings is 2. The van der Waals surface area contributed by atoms with Crippen LogP contribution in [0.1, 0.15) is 27.0 Å². The fourth-order valence-corrected chi connectivity index (χ4v) is 2.06. The molecule has 0 saturated carbocycles. The smallest absolute Gasteiger partial charge is 0.417 e. The molecule has 114 valence electrons. The summed E-state index contributed by atoms with van der Waals surface area (Å²) < 4.78 is 39.2. The third-order valence-corrected chi connectivity index (χ3v) is 3.03. The van der Waals surface area contributed by atoms with Gasteiger partial charge in [0.2, 0.25) is 0 Å². The third kappa shape index (κ3) is 3.52. The van der Waals surface area contributed by atoms with Gasteiger partial charge in [-0.15, -0.1) is 0 Å². The number of carboxylic acid groups (broad SMARTS) is 1. The summed E-state index contributed by atoms with van der Waals surface area (Å²) in [7, 11) is 0. The molecule has 0 bridgehead atoms. The molecule has 0 spiro atoms. The van der Waals surface area contributed by atoms with Crippen molar-refractivity contribution in [1.29, 1.82) is 0 Å². The number of alkyl halides is 3. The first kappa shape index (κ1) is 15.8. The van der Waals surface area contributed by atoms with E-state index in [1.807, 2.05) is 0 Å². The van der Waals surface area contributed by atoms with Crippen molar-refractivity contribution in [2.24, 2.45) is 0 Å². The summed E-state index contributed by atoms with van der Waals surface area (Å²) in [6.07, 6.45) is -5.14. The zero-order chi connectivity index (χ0) is 16.3. The first-order valence-electron chi connectivity index (χ1n) is 6.30. The Bertz CT molecular complexity index is 706. The molecule has 0 radical (unpaired) electrons. The topological polar surface area (TPSA) is 54.4 Å². The summed E-state index contributed by atoms with van der Waals surface area (Å²) in [6, 6.07) is 10.4. The number of carboxylic acids is 1. The Hall–Kier alpha value is -2.63. The molecule has 2 aromatic carbocycles. The average molecular weight is 308 g/mol. The second kappa shape index (κ2) is 6.01. The van der Waals surface area contributed by atoms with E-state index in [9.17, 15) is 22.8 Å². The average Bonchev–Trinajstić information content (AvgIpc) is 2.45. The van der Waals surface area contributed by atoms with Crippen molar-refractivity contribution in [3.05, 3.63) is 70.8 Å². The van der Waals surface area contributed by atoms with E-state index in [2.05, 4.69) is 0 Å². The number of carbonyl (C=O) groups excluding carboxylic acids is 1. The lowest BCUT2D eigenvalue weighted by molar-refractivity contribution is -0.138. The highest BCUT2D eigenvalue weighted by molar-refractivity contribution is 6.10. The molecule has 1 N–H and O–H groups in total. The molecule has 0 unspecified atom stereocenters. The number of hydrogen-bond acceptors (Lipinski definition) is 2. The highest BCUT2D eigenvalue weighted by Crippen LogP contribution is 2.33. The van der Waals surface area contributed by atoms with Gasteiger partial charge in [-0.2, -0.15) is 13.2 Å². The maximum absolute atomic E-state index is 13.1. The van der Waals surface area contributed by atoms with Crippen molar-refractivity contribution in [3.63, 3.8) is 0 Å². The Morgan fingerprint density at radius 3 is 2.18 bits per heavy atom. The number of ketones is 1. The summed E-state index contributed by atoms with van der Waals surface area (Å²) in [6.45, 7) is 0. The summed E-state index contributed by atoms with van der Waals surface area (Å²) >= 11 is 0. The molecule has 3 nitrogen and oxygen atoms in total. The van der Waals surface area contributed by atoms with Crippen molar-refractivity contribution < 1.29 is 27.9 Å². The van der Waals surface area contributed by atoms with Gasteiger partial charge in [0.15, 0.2) is 5.78 Å². The van der Waals surface area contributed by atoms with Crippen molar-refractivity contribution in [3.8, 4) is 0 Å². The Balaban J connectivity index is 2.54. The van der Waals surface area contributed by atoms with Crippen LogP contribution in [-0.2, 0) is 17.4 Å². The van der Waals surface area contributed by atoms with Gasteiger partial charge in [0, 0.05) is 11.1 Å². The maximum Gasteiger partial charge on any atom is 0.417 e. The minimum absolute atomic E-state index is 0.112. The van der Waals surface area contributed by atoms with Crippen molar-refractivity contribution in [2.75, 3.05) is 0 Å². The van der Waals surface area contributed by atoms with Crippen LogP contribution in [0.4, 0.5) is 13.2 Å². The molecule has 6 heteroatoms. The molecule has 0 aromatic heterocycles. The Kier molecular flexibility index (Phi) is 4.30. The van der Waals surface area contributed by atoms with E-state index in [0.717, 1.165) is 18.2 Å². The van der Waals surface area contributed by atoms with Gasteiger partial charge in [-0.3, -0.25) is 9.59 Å². The predicted molar refractivity (Wildman–Crippen MR) is 72.7 cm³/mol. The van der Waals surface area contributed by atoms with E-state index >= 15 is 0 Å². The zero-order valence-corrected chi connectivity index (χ0v) is 11.2. The van der Waals surface area contributed by atoms with Gasteiger partial charge in [-0.05, 0) is 17.7 Å². The summed E-state index contributed by atoms with van der Waals surface area (Å²) in [5.41, 5.74) is -1.37. The largest absolute Gasteiger partial charge is 0.481 e. The van der Waals surface area contributed by atoms with Crippen LogP contribution < -0.4 is 0 Å². The minimum atomic E-state index is -4.69. The molecule has 0 heterocycles. The Labute approximate surface area is 124 Å². The fraction of sp³-hybridized carbons (Fsp3) is 0.125. The van der Waals surface area contributed by atoms with Gasteiger partial charge in [0.25, 0.3) is 0 Å². The quantitative estimate of drug-likeness (QED) is 0.879. The monoisotopic (exact) mass is 308 g/mol. The molecule has 0 saturated heterocycles. The van der Waals surface area contributed by atoms with Gasteiger partial charge in [-0.1, -0.05) is 36.4 Å². The van der Waals surface area contributed by atoms with Crippen LogP contribution in [0, 0.1) is 0 Å². The third-order valence-electron chi connectivity index (χ3n) is 3.03. The van der Waals surface area contributed by atoms with Gasteiger partial charge in [0.1, 0.15) is 0 Å². The van der Waals surface area contributed by atoms with E-state index in [0.29, 0.717) is 0 Å². The molecule has 0 aliphatic carbocycles. The molecule has 2 aromatic rings. The SMILES string of the molecule is O=C(O)Cc1ccc(C(F)(F)F)c(C(=O)c2ccccc2)c1. The maximum atomic E-state index is 13.1. The second-order valence-electron chi connectivity index (χ2n) is 4.64. The molecule has 0 aliphatic rings. The van der Waals surface area contributed by atoms with E-state index in [-0.39, 0.29) is 11.1 Å². The van der Waals surface area contributed by atoms with Crippen molar-refractivity contribution in [2.45, 2.75) is 12.6 Å². The van der Waals surface area contributed by atoms with E-state index in [1.165, 1.54) is 12.1 Å². The predicted octanol–water partition coefficient (Wildman–Crippen LogP) is 3.56. The highest BCUT2D eigenvalue weighted by atomic mass is 19.4. The van der Waals surface area contributed by atoms with Crippen LogP contribution in [0.25, 0.3) is 0 Å². The van der Waals surface area contributed by atoms with Crippen LogP contribution >= 0.6 is 0 Å². The first-order chi connectivity index (χ1) is 10.3. The van der Waals surface area contributed by atoms with Crippen LogP contribution in [0.3, 0.4) is 0 Å². The lowest BCUT2D eigenvalue weighted by atomic mass is 9.95. The molecule has 0 fully saturated rings. The van der Waals surface area contributed by atoms with Gasteiger partial charge in [0.05, 0.1) is 12.0 Å². The normalized spacial score (nSPS) is 11.2. The molecular weight excluding hydrogens is 297 g/mol. The van der Waals surface area contributed by atoms with Crippen LogP contribution in [0.15, 0.2) is 48.5 Å². The standard InChI is InChI=1S/C16H11F3O3/c17-16(18,19)13-7-6-10(9-14(20)21)8-12(13)15(22)11-4-2-1-3-5-11/h1-8H,9H2,(H,20,21). The van der Waals surface area contributed by atoms with Crippen LogP contribution in [0.2, 0.25) is 0 Å². The van der Waals surface area contributed by atoms with Gasteiger partial charge in [-0.25, -0.2) is 0 Å². The second-order valence-corrected chi connectivity index (χ2v) is 4.64. The Morgan fingerprint density at radius 2 is 1.64 bits per heavy atom. The number of rotatable bonds is 4. The van der Waals surface area contributed by atoms with Crippen LogP contribution in [-0.4, -0.2) is 16.9 Å². The first-order valence-corrected chi connectivity index (χ1v) is 6.30. The van der Waals surface area contributed by atoms with E-state index in [1.54, 1.807) is 18.2 Å². The summed E-state index contributed by atoms with van der Waals surface area (Å²) in [5, 5.41) is 8.74. The number of hydrogen-bond donors (Lipinski definition) is 1. The molecule has 0 amide bonds. The van der Waals surface area contributed by atoms with Crippen LogP contribution in [0.5, 0.6) is 0 Å². The molecule has 0 aliphatic heterocycles. The lowest BCUT2D eigenvalue weighted by Gasteiger charge is -2.13. The van der Waals surface area contributed by atoms with Gasteiger partial charge >= 0.3 is 12.1 Å². The summed E-state index contributed by atoms with van der Waals surface area (Å²) in [4.78, 5) is 23.0. The number of halogens is 3. The molecular formula is C16H11F3O3. The molecule has 0 atom stereocenters. The Morgan fingerprint density at radius 1 is 1.00 bits per heavy atom. The van der Waals surface area contributed by atoms with E-state index in [4.69, 9.17) is 5.11 Å². The minimum Gasteiger partial charge on any atom is -0.481 e. The summed E-state index contributed by atoms with van der Waals surface area (Å²) in [5.74, 6) is -1.97.